The zero-order valence-electron chi connectivity index (χ0n) is 8.46. The molecule has 0 aliphatic carbocycles. The third-order valence-corrected chi connectivity index (χ3v) is 3.65. The zero-order valence-corrected chi connectivity index (χ0v) is 9.28. The quantitative estimate of drug-likeness (QED) is 0.710. The lowest BCUT2D eigenvalue weighted by molar-refractivity contribution is 0.257. The fourth-order valence-corrected chi connectivity index (χ4v) is 2.70. The van der Waals surface area contributed by atoms with E-state index in [1.54, 1.807) is 0 Å². The Labute approximate surface area is 85.5 Å². The molecule has 1 atom stereocenters. The molecule has 13 heavy (non-hydrogen) atoms. The summed E-state index contributed by atoms with van der Waals surface area (Å²) in [6, 6.07) is 0.738. The summed E-state index contributed by atoms with van der Waals surface area (Å²) >= 11 is 2.06. The van der Waals surface area contributed by atoms with Crippen molar-refractivity contribution in [1.82, 2.24) is 5.32 Å². The molecule has 1 unspecified atom stereocenters. The maximum atomic E-state index is 8.74. The molecule has 1 heterocycles. The van der Waals surface area contributed by atoms with Crippen LogP contribution >= 0.6 is 11.8 Å². The zero-order chi connectivity index (χ0) is 9.52. The molecule has 0 amide bonds. The Hall–Kier alpha value is 0.270. The van der Waals surface area contributed by atoms with Gasteiger partial charge in [-0.3, -0.25) is 0 Å². The summed E-state index contributed by atoms with van der Waals surface area (Å²) in [7, 11) is 0. The van der Waals surface area contributed by atoms with Gasteiger partial charge >= 0.3 is 0 Å². The van der Waals surface area contributed by atoms with Crippen LogP contribution in [0.4, 0.5) is 0 Å². The van der Waals surface area contributed by atoms with Crippen molar-refractivity contribution in [2.45, 2.75) is 32.2 Å². The Morgan fingerprint density at radius 1 is 1.46 bits per heavy atom. The average molecular weight is 203 g/mol. The molecule has 0 aromatic heterocycles. The average Bonchev–Trinajstić information content (AvgIpc) is 2.17. The lowest BCUT2D eigenvalue weighted by Crippen LogP contribution is -2.35. The van der Waals surface area contributed by atoms with Gasteiger partial charge in [-0.1, -0.05) is 6.92 Å². The third kappa shape index (κ3) is 4.89. The monoisotopic (exact) mass is 203 g/mol. The minimum atomic E-state index is 0.323. The third-order valence-electron chi connectivity index (χ3n) is 2.60. The van der Waals surface area contributed by atoms with E-state index in [4.69, 9.17) is 5.11 Å². The minimum Gasteiger partial charge on any atom is -0.396 e. The van der Waals surface area contributed by atoms with Gasteiger partial charge in [0.2, 0.25) is 0 Å². The summed E-state index contributed by atoms with van der Waals surface area (Å²) < 4.78 is 0. The highest BCUT2D eigenvalue weighted by Gasteiger charge is 2.13. The molecule has 78 valence electrons. The van der Waals surface area contributed by atoms with Crippen molar-refractivity contribution in [3.8, 4) is 0 Å². The first-order chi connectivity index (χ1) is 6.33. The van der Waals surface area contributed by atoms with Crippen molar-refractivity contribution >= 4 is 11.8 Å². The molecule has 0 saturated carbocycles. The smallest absolute Gasteiger partial charge is 0.0434 e. The van der Waals surface area contributed by atoms with Crippen molar-refractivity contribution in [2.75, 3.05) is 24.7 Å². The van der Waals surface area contributed by atoms with E-state index in [-0.39, 0.29) is 0 Å². The summed E-state index contributed by atoms with van der Waals surface area (Å²) in [4.78, 5) is 0. The van der Waals surface area contributed by atoms with Crippen molar-refractivity contribution in [2.24, 2.45) is 5.92 Å². The summed E-state index contributed by atoms with van der Waals surface area (Å²) in [5.41, 5.74) is 0. The van der Waals surface area contributed by atoms with Gasteiger partial charge in [-0.05, 0) is 43.2 Å². The first-order valence-corrected chi connectivity index (χ1v) is 6.40. The van der Waals surface area contributed by atoms with Crippen LogP contribution in [-0.2, 0) is 0 Å². The number of hydrogen-bond donors (Lipinski definition) is 2. The first kappa shape index (κ1) is 11.3. The number of thioether (sulfide) groups is 1. The summed E-state index contributed by atoms with van der Waals surface area (Å²) in [5, 5.41) is 12.3. The fourth-order valence-electron chi connectivity index (χ4n) is 1.59. The van der Waals surface area contributed by atoms with E-state index in [0.717, 1.165) is 19.0 Å². The molecule has 1 saturated heterocycles. The number of aliphatic hydroxyl groups is 1. The summed E-state index contributed by atoms with van der Waals surface area (Å²) in [6.45, 7) is 3.58. The Bertz CT molecular complexity index is 126. The van der Waals surface area contributed by atoms with Gasteiger partial charge in [0.1, 0.15) is 0 Å². The van der Waals surface area contributed by atoms with Gasteiger partial charge in [-0.15, -0.1) is 0 Å². The molecule has 1 aliphatic rings. The molecular formula is C10H21NOS. The standard InChI is InChI=1S/C10H21NOS/c1-9(2-5-12)8-11-10-3-6-13-7-4-10/h9-12H,2-8H2,1H3. The molecule has 0 aromatic carbocycles. The van der Waals surface area contributed by atoms with Gasteiger partial charge in [-0.25, -0.2) is 0 Å². The predicted molar refractivity (Wildman–Crippen MR) is 59.2 cm³/mol. The molecule has 0 aromatic rings. The summed E-state index contributed by atoms with van der Waals surface area (Å²) in [6.07, 6.45) is 3.56. The lowest BCUT2D eigenvalue weighted by Gasteiger charge is -2.24. The van der Waals surface area contributed by atoms with Crippen LogP contribution in [0.3, 0.4) is 0 Å². The lowest BCUT2D eigenvalue weighted by atomic mass is 10.1. The van der Waals surface area contributed by atoms with Crippen LogP contribution in [0.1, 0.15) is 26.2 Å². The van der Waals surface area contributed by atoms with Crippen LogP contribution < -0.4 is 5.32 Å². The Morgan fingerprint density at radius 3 is 2.77 bits per heavy atom. The molecule has 2 nitrogen and oxygen atoms in total. The van der Waals surface area contributed by atoms with E-state index < -0.39 is 0 Å². The first-order valence-electron chi connectivity index (χ1n) is 5.25. The van der Waals surface area contributed by atoms with Crippen molar-refractivity contribution in [3.05, 3.63) is 0 Å². The van der Waals surface area contributed by atoms with Crippen LogP contribution in [0.5, 0.6) is 0 Å². The molecule has 1 rings (SSSR count). The number of hydrogen-bond acceptors (Lipinski definition) is 3. The van der Waals surface area contributed by atoms with Crippen molar-refractivity contribution in [3.63, 3.8) is 0 Å². The predicted octanol–water partition coefficient (Wildman–Crippen LogP) is 1.49. The second-order valence-electron chi connectivity index (χ2n) is 3.91. The molecule has 0 bridgehead atoms. The van der Waals surface area contributed by atoms with Crippen LogP contribution in [0.15, 0.2) is 0 Å². The van der Waals surface area contributed by atoms with Gasteiger partial charge in [0.05, 0.1) is 0 Å². The second kappa shape index (κ2) is 6.68. The number of nitrogens with one attached hydrogen (secondary N) is 1. The molecule has 0 spiro atoms. The van der Waals surface area contributed by atoms with E-state index >= 15 is 0 Å². The van der Waals surface area contributed by atoms with Gasteiger partial charge in [0.25, 0.3) is 0 Å². The van der Waals surface area contributed by atoms with Gasteiger partial charge in [0, 0.05) is 12.6 Å². The Kier molecular flexibility index (Phi) is 5.83. The molecule has 0 radical (unpaired) electrons. The number of rotatable bonds is 5. The topological polar surface area (TPSA) is 32.3 Å². The largest absolute Gasteiger partial charge is 0.396 e. The van der Waals surface area contributed by atoms with Crippen LogP contribution in [0.25, 0.3) is 0 Å². The van der Waals surface area contributed by atoms with Crippen molar-refractivity contribution in [1.29, 1.82) is 0 Å². The minimum absolute atomic E-state index is 0.323. The Balaban J connectivity index is 2.03. The molecule has 1 fully saturated rings. The fraction of sp³-hybridized carbons (Fsp3) is 1.00. The highest BCUT2D eigenvalue weighted by atomic mass is 32.2. The second-order valence-corrected chi connectivity index (χ2v) is 5.14. The van der Waals surface area contributed by atoms with Crippen LogP contribution in [-0.4, -0.2) is 35.8 Å². The van der Waals surface area contributed by atoms with Crippen molar-refractivity contribution < 1.29 is 5.11 Å². The Morgan fingerprint density at radius 2 is 2.15 bits per heavy atom. The van der Waals surface area contributed by atoms with Crippen LogP contribution in [0.2, 0.25) is 0 Å². The van der Waals surface area contributed by atoms with Crippen LogP contribution in [0, 0.1) is 5.92 Å². The van der Waals surface area contributed by atoms with E-state index in [0.29, 0.717) is 12.5 Å². The normalized spacial score (nSPS) is 21.7. The maximum Gasteiger partial charge on any atom is 0.0434 e. The highest BCUT2D eigenvalue weighted by molar-refractivity contribution is 7.99. The molecule has 1 aliphatic heterocycles. The SMILES string of the molecule is CC(CCO)CNC1CCSCC1. The molecule has 3 heteroatoms. The molecule has 2 N–H and O–H groups in total. The van der Waals surface area contributed by atoms with E-state index in [2.05, 4.69) is 24.0 Å². The highest BCUT2D eigenvalue weighted by Crippen LogP contribution is 2.17. The number of aliphatic hydroxyl groups excluding tert-OH is 1. The van der Waals surface area contributed by atoms with E-state index in [1.807, 2.05) is 0 Å². The van der Waals surface area contributed by atoms with Gasteiger partial charge < -0.3 is 10.4 Å². The summed E-state index contributed by atoms with van der Waals surface area (Å²) in [5.74, 6) is 3.23. The van der Waals surface area contributed by atoms with Gasteiger partial charge in [-0.2, -0.15) is 11.8 Å². The maximum absolute atomic E-state index is 8.74. The van der Waals surface area contributed by atoms with Gasteiger partial charge in [0.15, 0.2) is 0 Å². The van der Waals surface area contributed by atoms with E-state index in [1.165, 1.54) is 24.3 Å². The molecular weight excluding hydrogens is 182 g/mol. The van der Waals surface area contributed by atoms with E-state index in [9.17, 15) is 0 Å².